The molecule has 1 aromatic heterocycles. The third-order valence-electron chi connectivity index (χ3n) is 6.00. The highest BCUT2D eigenvalue weighted by Crippen LogP contribution is 2.28. The second-order valence-electron chi connectivity index (χ2n) is 8.38. The molecule has 0 saturated heterocycles. The zero-order valence-corrected chi connectivity index (χ0v) is 22.9. The highest BCUT2D eigenvalue weighted by Gasteiger charge is 2.17. The van der Waals surface area contributed by atoms with Gasteiger partial charge in [-0.2, -0.15) is 9.83 Å². The van der Waals surface area contributed by atoms with E-state index in [0.29, 0.717) is 6.42 Å². The minimum atomic E-state index is 0.518. The number of anilines is 1. The molecule has 0 aliphatic heterocycles. The molecule has 0 atom stereocenters. The van der Waals surface area contributed by atoms with Crippen molar-refractivity contribution in [2.75, 3.05) is 18.5 Å². The number of rotatable bonds is 7. The van der Waals surface area contributed by atoms with Crippen LogP contribution in [-0.2, 0) is 7.05 Å². The minimum absolute atomic E-state index is 0.518. The molecule has 0 fully saturated rings. The molecule has 5 heteroatoms. The van der Waals surface area contributed by atoms with Gasteiger partial charge in [-0.25, -0.2) is 0 Å². The van der Waals surface area contributed by atoms with Gasteiger partial charge in [0.2, 0.25) is 11.4 Å². The summed E-state index contributed by atoms with van der Waals surface area (Å²) in [5.41, 5.74) is 7.99. The summed E-state index contributed by atoms with van der Waals surface area (Å²) in [7, 11) is 4.12. The van der Waals surface area contributed by atoms with E-state index in [-0.39, 0.29) is 0 Å². The molecule has 0 unspecified atom stereocenters. The second-order valence-corrected chi connectivity index (χ2v) is 10.2. The number of nitriles is 1. The van der Waals surface area contributed by atoms with Crippen LogP contribution in [0, 0.1) is 11.3 Å². The Morgan fingerprint density at radius 2 is 1.40 bits per heavy atom. The lowest BCUT2D eigenvalue weighted by molar-refractivity contribution is -0.662. The summed E-state index contributed by atoms with van der Waals surface area (Å²) < 4.78 is 4.36. The van der Waals surface area contributed by atoms with Crippen LogP contribution >= 0.6 is 31.9 Å². The normalized spacial score (nSPS) is 10.9. The Bertz CT molecular complexity index is 1370. The number of pyridine rings is 1. The van der Waals surface area contributed by atoms with Crippen LogP contribution in [0.1, 0.15) is 17.7 Å². The van der Waals surface area contributed by atoms with E-state index in [4.69, 9.17) is 5.26 Å². The first-order chi connectivity index (χ1) is 16.9. The van der Waals surface area contributed by atoms with Crippen molar-refractivity contribution in [3.8, 4) is 28.5 Å². The Morgan fingerprint density at radius 1 is 0.800 bits per heavy atom. The van der Waals surface area contributed by atoms with Crippen LogP contribution in [0.15, 0.2) is 93.9 Å². The van der Waals surface area contributed by atoms with Crippen molar-refractivity contribution in [1.29, 1.82) is 5.26 Å². The molecule has 35 heavy (non-hydrogen) atoms. The third kappa shape index (κ3) is 6.28. The van der Waals surface area contributed by atoms with Crippen molar-refractivity contribution in [2.45, 2.75) is 6.42 Å². The summed E-state index contributed by atoms with van der Waals surface area (Å²) in [5, 5.41) is 8.82. The monoisotopic (exact) mass is 586 g/mol. The summed E-state index contributed by atoms with van der Waals surface area (Å²) in [6.07, 6.45) is 4.83. The van der Waals surface area contributed by atoms with Gasteiger partial charge in [-0.05, 0) is 71.3 Å². The Kier molecular flexibility index (Phi) is 8.17. The maximum absolute atomic E-state index is 8.82. The number of aromatic nitrogens is 1. The average molecular weight is 588 g/mol. The molecule has 3 aromatic carbocycles. The number of benzene rings is 3. The van der Waals surface area contributed by atoms with E-state index < -0.39 is 0 Å². The fraction of sp³-hybridized carbons (Fsp3) is 0.133. The second kappa shape index (κ2) is 11.5. The van der Waals surface area contributed by atoms with Crippen molar-refractivity contribution in [3.63, 3.8) is 0 Å². The van der Waals surface area contributed by atoms with Gasteiger partial charge in [-0.15, -0.1) is 0 Å². The van der Waals surface area contributed by atoms with Crippen LogP contribution in [0.2, 0.25) is 0 Å². The quantitative estimate of drug-likeness (QED) is 0.206. The number of hydrogen-bond donors (Lipinski definition) is 0. The average Bonchev–Trinajstić information content (AvgIpc) is 2.88. The lowest BCUT2D eigenvalue weighted by Gasteiger charge is -2.17. The van der Waals surface area contributed by atoms with Crippen molar-refractivity contribution in [3.05, 3.63) is 105 Å². The molecule has 4 rings (SSSR count). The lowest BCUT2D eigenvalue weighted by atomic mass is 10.0. The first-order valence-corrected chi connectivity index (χ1v) is 13.0. The van der Waals surface area contributed by atoms with Crippen molar-refractivity contribution in [1.82, 2.24) is 0 Å². The molecule has 0 amide bonds. The molecule has 3 nitrogen and oxygen atoms in total. The Labute approximate surface area is 224 Å². The molecule has 174 valence electrons. The van der Waals surface area contributed by atoms with E-state index in [9.17, 15) is 0 Å². The van der Waals surface area contributed by atoms with Crippen LogP contribution < -0.4 is 9.47 Å². The molecule has 0 aliphatic rings. The fourth-order valence-corrected chi connectivity index (χ4v) is 4.44. The molecule has 4 aromatic rings. The van der Waals surface area contributed by atoms with Crippen LogP contribution in [0.4, 0.5) is 5.69 Å². The SMILES string of the molecule is CN(CCC#N)c1ccc(C=Cc2cc(-c3ccc(Br)cc3)cc(-c3ccc(Br)cc3)[n+]2C)cc1. The fourth-order valence-electron chi connectivity index (χ4n) is 3.92. The molecule has 0 aliphatic carbocycles. The van der Waals surface area contributed by atoms with E-state index in [0.717, 1.165) is 43.7 Å². The zero-order valence-electron chi connectivity index (χ0n) is 19.7. The van der Waals surface area contributed by atoms with Crippen LogP contribution in [0.25, 0.3) is 34.5 Å². The highest BCUT2D eigenvalue weighted by molar-refractivity contribution is 9.10. The van der Waals surface area contributed by atoms with Gasteiger partial charge in [0.1, 0.15) is 7.05 Å². The first-order valence-electron chi connectivity index (χ1n) is 11.4. The summed E-state index contributed by atoms with van der Waals surface area (Å²) in [5.74, 6) is 0. The smallest absolute Gasteiger partial charge is 0.213 e. The van der Waals surface area contributed by atoms with Gasteiger partial charge in [0.05, 0.1) is 12.5 Å². The van der Waals surface area contributed by atoms with Gasteiger partial charge in [-0.1, -0.05) is 56.1 Å². The van der Waals surface area contributed by atoms with Gasteiger partial charge in [0.25, 0.3) is 0 Å². The van der Waals surface area contributed by atoms with Gasteiger partial charge in [-0.3, -0.25) is 0 Å². The van der Waals surface area contributed by atoms with Crippen molar-refractivity contribution < 1.29 is 4.57 Å². The molecule has 0 spiro atoms. The lowest BCUT2D eigenvalue weighted by Crippen LogP contribution is -2.34. The molecule has 0 saturated carbocycles. The molecular weight excluding hydrogens is 562 g/mol. The standard InChI is InChI=1S/C30H26Br2N3/c1-34(19-3-18-33)28-15-4-22(5-16-28)6-17-29-20-25(23-7-11-26(31)12-8-23)21-30(35(29)2)24-9-13-27(32)14-10-24/h4-17,20-21H,3,19H2,1-2H3/q+1. The van der Waals surface area contributed by atoms with Crippen molar-refractivity contribution in [2.24, 2.45) is 7.05 Å². The number of halogens is 2. The topological polar surface area (TPSA) is 30.9 Å². The van der Waals surface area contributed by atoms with E-state index in [1.165, 1.54) is 11.1 Å². The number of hydrogen-bond acceptors (Lipinski definition) is 2. The third-order valence-corrected chi connectivity index (χ3v) is 7.06. The predicted octanol–water partition coefficient (Wildman–Crippen LogP) is 7.89. The maximum Gasteiger partial charge on any atom is 0.213 e. The van der Waals surface area contributed by atoms with Crippen LogP contribution in [0.5, 0.6) is 0 Å². The Hall–Kier alpha value is -3.20. The minimum Gasteiger partial charge on any atom is -0.374 e. The van der Waals surface area contributed by atoms with E-state index >= 15 is 0 Å². The van der Waals surface area contributed by atoms with E-state index in [2.05, 4.69) is 152 Å². The van der Waals surface area contributed by atoms with Crippen molar-refractivity contribution >= 4 is 49.7 Å². The molecule has 0 radical (unpaired) electrons. The Balaban J connectivity index is 1.70. The van der Waals surface area contributed by atoms with E-state index in [1.54, 1.807) is 0 Å². The van der Waals surface area contributed by atoms with Gasteiger partial charge >= 0.3 is 0 Å². The largest absolute Gasteiger partial charge is 0.374 e. The molecule has 0 bridgehead atoms. The highest BCUT2D eigenvalue weighted by atomic mass is 79.9. The van der Waals surface area contributed by atoms with Crippen LogP contribution in [-0.4, -0.2) is 13.6 Å². The molecule has 0 N–H and O–H groups in total. The van der Waals surface area contributed by atoms with E-state index in [1.807, 2.05) is 7.05 Å². The summed E-state index contributed by atoms with van der Waals surface area (Å²) in [6.45, 7) is 0.725. The summed E-state index contributed by atoms with van der Waals surface area (Å²) >= 11 is 7.09. The Morgan fingerprint density at radius 3 is 2.00 bits per heavy atom. The maximum atomic E-state index is 8.82. The summed E-state index contributed by atoms with van der Waals surface area (Å²) in [4.78, 5) is 2.10. The zero-order chi connectivity index (χ0) is 24.8. The predicted molar refractivity (Wildman–Crippen MR) is 153 cm³/mol. The van der Waals surface area contributed by atoms with Gasteiger partial charge in [0, 0.05) is 52.0 Å². The van der Waals surface area contributed by atoms with Gasteiger partial charge < -0.3 is 4.90 Å². The van der Waals surface area contributed by atoms with Crippen LogP contribution in [0.3, 0.4) is 0 Å². The molecular formula is C30H26Br2N3+. The molecule has 1 heterocycles. The number of nitrogens with zero attached hydrogens (tertiary/aromatic N) is 3. The first kappa shape index (κ1) is 24.9. The van der Waals surface area contributed by atoms with Gasteiger partial charge in [0.15, 0.2) is 0 Å². The summed E-state index contributed by atoms with van der Waals surface area (Å²) in [6, 6.07) is 32.0.